The van der Waals surface area contributed by atoms with E-state index in [2.05, 4.69) is 9.97 Å². The Kier molecular flexibility index (Phi) is 4.70. The van der Waals surface area contributed by atoms with Crippen molar-refractivity contribution in [1.82, 2.24) is 15.3 Å². The molecular weight excluding hydrogens is 383 g/mol. The van der Waals surface area contributed by atoms with Gasteiger partial charge in [-0.2, -0.15) is 13.2 Å². The molecule has 29 heavy (non-hydrogen) atoms. The number of ether oxygens (including phenoxy) is 1. The first kappa shape index (κ1) is 18.9. The predicted molar refractivity (Wildman–Crippen MR) is 105 cm³/mol. The van der Waals surface area contributed by atoms with E-state index >= 15 is 0 Å². The van der Waals surface area contributed by atoms with Gasteiger partial charge in [0.1, 0.15) is 5.75 Å². The topological polar surface area (TPSA) is 69.9 Å². The number of rotatable bonds is 5. The highest BCUT2D eigenvalue weighted by molar-refractivity contribution is 5.93. The van der Waals surface area contributed by atoms with Crippen molar-refractivity contribution < 1.29 is 22.7 Å². The van der Waals surface area contributed by atoms with Crippen LogP contribution in [0.2, 0.25) is 0 Å². The molecule has 0 fully saturated rings. The van der Waals surface area contributed by atoms with Crippen LogP contribution < -0.4 is 10.1 Å². The third kappa shape index (κ3) is 3.65. The van der Waals surface area contributed by atoms with E-state index in [-0.39, 0.29) is 13.0 Å². The summed E-state index contributed by atoms with van der Waals surface area (Å²) in [4.78, 5) is 17.8. The maximum absolute atomic E-state index is 12.5. The molecule has 4 rings (SSSR count). The Morgan fingerprint density at radius 1 is 1.07 bits per heavy atom. The molecule has 5 nitrogen and oxygen atoms in total. The van der Waals surface area contributed by atoms with Crippen LogP contribution in [-0.2, 0) is 11.2 Å². The summed E-state index contributed by atoms with van der Waals surface area (Å²) in [5.74, 6) is -1.20. The molecule has 2 aromatic carbocycles. The van der Waals surface area contributed by atoms with Crippen LogP contribution in [0.3, 0.4) is 0 Å². The second-order valence-electron chi connectivity index (χ2n) is 6.66. The molecule has 2 heterocycles. The summed E-state index contributed by atoms with van der Waals surface area (Å²) in [7, 11) is 1.60. The Labute approximate surface area is 163 Å². The summed E-state index contributed by atoms with van der Waals surface area (Å²) in [5, 5.41) is 3.80. The second kappa shape index (κ2) is 7.20. The third-order valence-electron chi connectivity index (χ3n) is 4.83. The van der Waals surface area contributed by atoms with Gasteiger partial charge in [0.15, 0.2) is 0 Å². The van der Waals surface area contributed by atoms with E-state index in [9.17, 15) is 18.0 Å². The molecule has 0 bridgehead atoms. The van der Waals surface area contributed by atoms with Gasteiger partial charge in [0, 0.05) is 28.4 Å². The fraction of sp³-hybridized carbons (Fsp3) is 0.190. The van der Waals surface area contributed by atoms with Crippen molar-refractivity contribution in [2.45, 2.75) is 12.6 Å². The number of carbonyl (C=O) groups is 1. The number of hydrogen-bond acceptors (Lipinski definition) is 2. The Morgan fingerprint density at radius 2 is 1.86 bits per heavy atom. The van der Waals surface area contributed by atoms with Gasteiger partial charge in [-0.05, 0) is 42.3 Å². The lowest BCUT2D eigenvalue weighted by Gasteiger charge is -2.08. The van der Waals surface area contributed by atoms with Crippen molar-refractivity contribution >= 4 is 27.7 Å². The number of nitrogens with one attached hydrogen (secondary N) is 3. The first-order chi connectivity index (χ1) is 13.9. The van der Waals surface area contributed by atoms with Gasteiger partial charge in [-0.15, -0.1) is 0 Å². The van der Waals surface area contributed by atoms with E-state index < -0.39 is 12.1 Å². The van der Waals surface area contributed by atoms with E-state index in [1.165, 1.54) is 0 Å². The predicted octanol–water partition coefficient (Wildman–Crippen LogP) is 4.55. The second-order valence-corrected chi connectivity index (χ2v) is 6.66. The molecule has 2 aromatic heterocycles. The van der Waals surface area contributed by atoms with Gasteiger partial charge in [-0.1, -0.05) is 18.2 Å². The van der Waals surface area contributed by atoms with Crippen molar-refractivity contribution in [1.29, 1.82) is 0 Å². The van der Waals surface area contributed by atoms with Crippen LogP contribution in [0.5, 0.6) is 5.75 Å². The maximum atomic E-state index is 12.5. The first-order valence-corrected chi connectivity index (χ1v) is 8.98. The minimum atomic E-state index is -4.89. The summed E-state index contributed by atoms with van der Waals surface area (Å²) in [6, 6.07) is 15.2. The molecule has 3 N–H and O–H groups in total. The minimum Gasteiger partial charge on any atom is -0.497 e. The van der Waals surface area contributed by atoms with Crippen LogP contribution in [0.4, 0.5) is 13.2 Å². The van der Waals surface area contributed by atoms with E-state index in [1.54, 1.807) is 7.11 Å². The molecule has 0 unspecified atom stereocenters. The summed E-state index contributed by atoms with van der Waals surface area (Å²) in [5.41, 5.74) is 4.21. The van der Waals surface area contributed by atoms with E-state index in [4.69, 9.17) is 4.74 Å². The fourth-order valence-corrected chi connectivity index (χ4v) is 3.46. The quantitative estimate of drug-likeness (QED) is 0.459. The normalized spacial score (nSPS) is 11.9. The van der Waals surface area contributed by atoms with Crippen LogP contribution in [0.25, 0.3) is 33.2 Å². The molecule has 1 amide bonds. The van der Waals surface area contributed by atoms with Crippen LogP contribution in [0.15, 0.2) is 48.5 Å². The molecule has 0 spiro atoms. The summed E-state index contributed by atoms with van der Waals surface area (Å²) >= 11 is 0. The molecule has 0 saturated heterocycles. The Bertz CT molecular complexity index is 1190. The van der Waals surface area contributed by atoms with Gasteiger partial charge in [0.05, 0.1) is 18.5 Å². The van der Waals surface area contributed by atoms with Gasteiger partial charge < -0.3 is 20.0 Å². The zero-order chi connectivity index (χ0) is 20.6. The average Bonchev–Trinajstić information content (AvgIpc) is 3.27. The Balaban J connectivity index is 1.71. The zero-order valence-electron chi connectivity index (χ0n) is 15.5. The van der Waals surface area contributed by atoms with Crippen LogP contribution >= 0.6 is 0 Å². The van der Waals surface area contributed by atoms with Crippen molar-refractivity contribution in [3.05, 3.63) is 54.1 Å². The van der Waals surface area contributed by atoms with Gasteiger partial charge >= 0.3 is 12.1 Å². The molecule has 0 aliphatic heterocycles. The Morgan fingerprint density at radius 3 is 2.62 bits per heavy atom. The number of carbonyl (C=O) groups excluding carboxylic acids is 1. The van der Waals surface area contributed by atoms with Gasteiger partial charge in [0.2, 0.25) is 0 Å². The number of para-hydroxylation sites is 1. The number of fused-ring (bicyclic) bond motifs is 2. The smallest absolute Gasteiger partial charge is 0.471 e. The number of halogens is 3. The number of benzene rings is 2. The Hall–Kier alpha value is -3.42. The molecule has 0 radical (unpaired) electrons. The lowest BCUT2D eigenvalue weighted by Crippen LogP contribution is -2.37. The van der Waals surface area contributed by atoms with Crippen molar-refractivity contribution in [2.24, 2.45) is 0 Å². The van der Waals surface area contributed by atoms with E-state index in [0.29, 0.717) is 0 Å². The molecule has 8 heteroatoms. The van der Waals surface area contributed by atoms with Crippen LogP contribution in [0.1, 0.15) is 5.56 Å². The van der Waals surface area contributed by atoms with Crippen LogP contribution in [-0.4, -0.2) is 35.7 Å². The van der Waals surface area contributed by atoms with Gasteiger partial charge in [-0.25, -0.2) is 0 Å². The zero-order valence-corrected chi connectivity index (χ0v) is 15.5. The largest absolute Gasteiger partial charge is 0.497 e. The summed E-state index contributed by atoms with van der Waals surface area (Å²) < 4.78 is 42.6. The molecule has 0 aliphatic rings. The number of H-pyrrole nitrogens is 2. The fourth-order valence-electron chi connectivity index (χ4n) is 3.46. The van der Waals surface area contributed by atoms with Gasteiger partial charge in [0.25, 0.3) is 0 Å². The van der Waals surface area contributed by atoms with Crippen molar-refractivity contribution in [3.8, 4) is 17.1 Å². The lowest BCUT2D eigenvalue weighted by atomic mass is 10.1. The molecule has 4 aromatic rings. The molecule has 150 valence electrons. The van der Waals surface area contributed by atoms with Crippen LogP contribution in [0, 0.1) is 0 Å². The van der Waals surface area contributed by atoms with E-state index in [1.807, 2.05) is 53.8 Å². The maximum Gasteiger partial charge on any atom is 0.471 e. The molecular formula is C21H18F3N3O2. The number of aromatic amines is 2. The highest BCUT2D eigenvalue weighted by Crippen LogP contribution is 2.33. The number of aromatic nitrogens is 2. The number of amides is 1. The standard InChI is InChI=1S/C21H18F3N3O2/c1-29-13-6-7-16-12(10-13)11-18(26-16)19-15(8-9-25-20(28)21(22,23)24)14-4-2-3-5-17(14)27-19/h2-7,10-11,26-27H,8-9H2,1H3,(H,25,28). The molecule has 0 atom stereocenters. The van der Waals surface area contributed by atoms with Crippen molar-refractivity contribution in [2.75, 3.05) is 13.7 Å². The average molecular weight is 401 g/mol. The highest BCUT2D eigenvalue weighted by Gasteiger charge is 2.38. The SMILES string of the molecule is COc1ccc2[nH]c(-c3[nH]c4ccccc4c3CCNC(=O)C(F)(F)F)cc2c1. The highest BCUT2D eigenvalue weighted by atomic mass is 19.4. The minimum absolute atomic E-state index is 0.124. The summed E-state index contributed by atoms with van der Waals surface area (Å²) in [6.45, 7) is -0.124. The summed E-state index contributed by atoms with van der Waals surface area (Å²) in [6.07, 6.45) is -4.64. The monoisotopic (exact) mass is 401 g/mol. The molecule has 0 aliphatic carbocycles. The van der Waals surface area contributed by atoms with Gasteiger partial charge in [-0.3, -0.25) is 4.79 Å². The van der Waals surface area contributed by atoms with Crippen molar-refractivity contribution in [3.63, 3.8) is 0 Å². The number of alkyl halides is 3. The lowest BCUT2D eigenvalue weighted by molar-refractivity contribution is -0.173. The number of methoxy groups -OCH3 is 1. The first-order valence-electron chi connectivity index (χ1n) is 8.98. The third-order valence-corrected chi connectivity index (χ3v) is 4.83. The van der Waals surface area contributed by atoms with E-state index in [0.717, 1.165) is 44.5 Å². The number of hydrogen-bond donors (Lipinski definition) is 3. The molecule has 0 saturated carbocycles.